The van der Waals surface area contributed by atoms with Gasteiger partial charge in [0.05, 0.1) is 6.54 Å². The number of hydrogen-bond acceptors (Lipinski definition) is 3. The van der Waals surface area contributed by atoms with Gasteiger partial charge in [-0.1, -0.05) is 32.0 Å². The van der Waals surface area contributed by atoms with Gasteiger partial charge in [0, 0.05) is 5.69 Å². The van der Waals surface area contributed by atoms with Crippen LogP contribution < -0.4 is 10.6 Å². The summed E-state index contributed by atoms with van der Waals surface area (Å²) in [7, 11) is 0. The molecule has 1 aromatic rings. The Hall–Kier alpha value is -2.37. The van der Waals surface area contributed by atoms with Crippen molar-refractivity contribution in [3.8, 4) is 0 Å². The summed E-state index contributed by atoms with van der Waals surface area (Å²) in [5.74, 6) is -0.502. The average molecular weight is 289 g/mol. The summed E-state index contributed by atoms with van der Waals surface area (Å²) < 4.78 is 0. The molecule has 0 unspecified atom stereocenters. The molecule has 0 radical (unpaired) electrons. The summed E-state index contributed by atoms with van der Waals surface area (Å²) in [5.41, 5.74) is 2.73. The first-order chi connectivity index (χ1) is 9.90. The van der Waals surface area contributed by atoms with Gasteiger partial charge in [0.25, 0.3) is 5.91 Å². The molecule has 4 amide bonds. The van der Waals surface area contributed by atoms with Crippen molar-refractivity contribution in [2.75, 3.05) is 18.4 Å². The van der Waals surface area contributed by atoms with Gasteiger partial charge in [0.1, 0.15) is 6.54 Å². The van der Waals surface area contributed by atoms with Crippen LogP contribution in [0.5, 0.6) is 0 Å². The summed E-state index contributed by atoms with van der Waals surface area (Å²) in [4.78, 5) is 35.9. The van der Waals surface area contributed by atoms with Crippen molar-refractivity contribution in [3.63, 3.8) is 0 Å². The second kappa shape index (κ2) is 5.95. The molecule has 1 aromatic carbocycles. The summed E-state index contributed by atoms with van der Waals surface area (Å²) >= 11 is 0. The van der Waals surface area contributed by atoms with Gasteiger partial charge in [-0.2, -0.15) is 0 Å². The second-order valence-electron chi connectivity index (χ2n) is 5.38. The van der Waals surface area contributed by atoms with E-state index in [1.807, 2.05) is 39.0 Å². The molecule has 6 heteroatoms. The molecule has 6 nitrogen and oxygen atoms in total. The van der Waals surface area contributed by atoms with Crippen LogP contribution in [-0.2, 0) is 9.59 Å². The van der Waals surface area contributed by atoms with Crippen molar-refractivity contribution in [3.05, 3.63) is 29.3 Å². The van der Waals surface area contributed by atoms with Gasteiger partial charge in [-0.05, 0) is 24.0 Å². The molecule has 0 saturated carbocycles. The van der Waals surface area contributed by atoms with E-state index in [0.29, 0.717) is 0 Å². The Labute approximate surface area is 123 Å². The highest BCUT2D eigenvalue weighted by atomic mass is 16.2. The van der Waals surface area contributed by atoms with Crippen LogP contribution in [0.2, 0.25) is 0 Å². The van der Waals surface area contributed by atoms with Crippen LogP contribution in [0.4, 0.5) is 10.5 Å². The van der Waals surface area contributed by atoms with Crippen molar-refractivity contribution in [1.82, 2.24) is 10.2 Å². The van der Waals surface area contributed by atoms with Crippen LogP contribution in [-0.4, -0.2) is 35.8 Å². The topological polar surface area (TPSA) is 78.5 Å². The molecule has 1 aliphatic rings. The first-order valence-electron chi connectivity index (χ1n) is 6.87. The van der Waals surface area contributed by atoms with E-state index >= 15 is 0 Å². The van der Waals surface area contributed by atoms with Crippen LogP contribution in [0.25, 0.3) is 0 Å². The normalized spacial score (nSPS) is 14.6. The number of rotatable bonds is 4. The molecular formula is C15H19N3O3. The fourth-order valence-electron chi connectivity index (χ4n) is 2.28. The summed E-state index contributed by atoms with van der Waals surface area (Å²) in [5, 5.41) is 5.20. The molecule has 1 heterocycles. The summed E-state index contributed by atoms with van der Waals surface area (Å²) in [6.45, 7) is 5.68. The van der Waals surface area contributed by atoms with Crippen LogP contribution in [0.15, 0.2) is 18.2 Å². The lowest BCUT2D eigenvalue weighted by Crippen LogP contribution is -2.38. The Morgan fingerprint density at radius 1 is 1.38 bits per heavy atom. The van der Waals surface area contributed by atoms with Crippen molar-refractivity contribution >= 4 is 23.5 Å². The zero-order valence-corrected chi connectivity index (χ0v) is 12.4. The minimum absolute atomic E-state index is 0.0479. The van der Waals surface area contributed by atoms with Gasteiger partial charge >= 0.3 is 6.03 Å². The van der Waals surface area contributed by atoms with Gasteiger partial charge in [0.2, 0.25) is 5.91 Å². The highest BCUT2D eigenvalue weighted by Gasteiger charge is 2.30. The van der Waals surface area contributed by atoms with E-state index in [1.165, 1.54) is 0 Å². The lowest BCUT2D eigenvalue weighted by atomic mass is 9.98. The molecule has 21 heavy (non-hydrogen) atoms. The fourth-order valence-corrected chi connectivity index (χ4v) is 2.28. The number of urea groups is 1. The molecule has 1 saturated heterocycles. The highest BCUT2D eigenvalue weighted by Crippen LogP contribution is 2.27. The number of aryl methyl sites for hydroxylation is 1. The molecule has 2 rings (SSSR count). The second-order valence-corrected chi connectivity index (χ2v) is 5.38. The predicted molar refractivity (Wildman–Crippen MR) is 79.0 cm³/mol. The number of imide groups is 1. The van der Waals surface area contributed by atoms with Gasteiger partial charge in [-0.25, -0.2) is 4.79 Å². The molecule has 2 N–H and O–H groups in total. The zero-order chi connectivity index (χ0) is 15.6. The van der Waals surface area contributed by atoms with Crippen molar-refractivity contribution in [2.24, 2.45) is 0 Å². The lowest BCUT2D eigenvalue weighted by Gasteiger charge is -2.18. The van der Waals surface area contributed by atoms with E-state index in [0.717, 1.165) is 21.7 Å². The van der Waals surface area contributed by atoms with Crippen LogP contribution in [0, 0.1) is 6.92 Å². The predicted octanol–water partition coefficient (Wildman–Crippen LogP) is 1.61. The lowest BCUT2D eigenvalue weighted by molar-refractivity contribution is -0.128. The average Bonchev–Trinajstić information content (AvgIpc) is 2.72. The van der Waals surface area contributed by atoms with E-state index in [1.54, 1.807) is 0 Å². The zero-order valence-electron chi connectivity index (χ0n) is 12.4. The smallest absolute Gasteiger partial charge is 0.325 e. The Balaban J connectivity index is 2.13. The van der Waals surface area contributed by atoms with E-state index in [2.05, 4.69) is 10.6 Å². The molecular weight excluding hydrogens is 270 g/mol. The largest absolute Gasteiger partial charge is 0.329 e. The van der Waals surface area contributed by atoms with Crippen LogP contribution in [0.1, 0.15) is 30.9 Å². The first kappa shape index (κ1) is 15.0. The number of amides is 4. The maximum absolute atomic E-state index is 12.1. The third kappa shape index (κ3) is 3.21. The Morgan fingerprint density at radius 3 is 2.67 bits per heavy atom. The Morgan fingerprint density at radius 2 is 2.10 bits per heavy atom. The highest BCUT2D eigenvalue weighted by molar-refractivity contribution is 6.06. The monoisotopic (exact) mass is 289 g/mol. The van der Waals surface area contributed by atoms with Gasteiger partial charge in [-0.3, -0.25) is 14.5 Å². The van der Waals surface area contributed by atoms with Crippen LogP contribution >= 0.6 is 0 Å². The molecule has 1 aliphatic heterocycles. The minimum atomic E-state index is -0.524. The molecule has 0 spiro atoms. The van der Waals surface area contributed by atoms with E-state index in [9.17, 15) is 14.4 Å². The maximum atomic E-state index is 12.1. The van der Waals surface area contributed by atoms with Crippen molar-refractivity contribution < 1.29 is 14.4 Å². The third-order valence-electron chi connectivity index (χ3n) is 3.43. The number of para-hydroxylation sites is 1. The standard InChI is InChI=1S/C15H19N3O3/c1-9(2)11-6-4-5-10(3)14(11)17-12(19)8-18-13(20)7-16-15(18)21/h4-6,9H,7-8H2,1-3H3,(H,16,21)(H,17,19). The SMILES string of the molecule is Cc1cccc(C(C)C)c1NC(=O)CN1C(=O)CNC1=O. The van der Waals surface area contributed by atoms with Gasteiger partial charge in [-0.15, -0.1) is 0 Å². The first-order valence-corrected chi connectivity index (χ1v) is 6.87. The molecule has 0 aliphatic carbocycles. The van der Waals surface area contributed by atoms with E-state index in [4.69, 9.17) is 0 Å². The number of carbonyl (C=O) groups is 3. The van der Waals surface area contributed by atoms with E-state index in [-0.39, 0.29) is 30.8 Å². The van der Waals surface area contributed by atoms with E-state index < -0.39 is 6.03 Å². The maximum Gasteiger partial charge on any atom is 0.325 e. The molecule has 0 aromatic heterocycles. The number of hydrogen-bond donors (Lipinski definition) is 2. The number of nitrogens with zero attached hydrogens (tertiary/aromatic N) is 1. The molecule has 112 valence electrons. The number of anilines is 1. The summed E-state index contributed by atoms with van der Waals surface area (Å²) in [6.07, 6.45) is 0. The quantitative estimate of drug-likeness (QED) is 0.827. The fraction of sp³-hybridized carbons (Fsp3) is 0.400. The molecule has 0 bridgehead atoms. The van der Waals surface area contributed by atoms with Gasteiger partial charge in [0.15, 0.2) is 0 Å². The summed E-state index contributed by atoms with van der Waals surface area (Å²) in [6, 6.07) is 5.29. The third-order valence-corrected chi connectivity index (χ3v) is 3.43. The molecule has 1 fully saturated rings. The number of benzene rings is 1. The number of carbonyl (C=O) groups excluding carboxylic acids is 3. The Bertz CT molecular complexity index is 580. The number of nitrogens with one attached hydrogen (secondary N) is 2. The molecule has 0 atom stereocenters. The van der Waals surface area contributed by atoms with Crippen molar-refractivity contribution in [2.45, 2.75) is 26.7 Å². The minimum Gasteiger partial charge on any atom is -0.329 e. The van der Waals surface area contributed by atoms with Crippen LogP contribution in [0.3, 0.4) is 0 Å². The Kier molecular flexibility index (Phi) is 4.26. The van der Waals surface area contributed by atoms with Crippen molar-refractivity contribution in [1.29, 1.82) is 0 Å². The van der Waals surface area contributed by atoms with Gasteiger partial charge < -0.3 is 10.6 Å².